The van der Waals surface area contributed by atoms with E-state index in [9.17, 15) is 4.39 Å². The third-order valence-electron chi connectivity index (χ3n) is 2.23. The maximum absolute atomic E-state index is 12.7. The lowest BCUT2D eigenvalue weighted by molar-refractivity contribution is 0.617. The highest BCUT2D eigenvalue weighted by Crippen LogP contribution is 2.14. The number of hydrogen-bond donors (Lipinski definition) is 1. The molecule has 0 spiro atoms. The van der Waals surface area contributed by atoms with Gasteiger partial charge in [-0.05, 0) is 26.0 Å². The molecule has 1 aromatic rings. The number of nitrogens with zero attached hydrogens (tertiary/aromatic N) is 2. The molecular formula is C11H16FN3S. The summed E-state index contributed by atoms with van der Waals surface area (Å²) in [5.41, 5.74) is 5.47. The van der Waals surface area contributed by atoms with E-state index in [1.165, 1.54) is 12.3 Å². The molecule has 5 heteroatoms. The van der Waals surface area contributed by atoms with Gasteiger partial charge in [-0.15, -0.1) is 0 Å². The molecule has 0 saturated carbocycles. The summed E-state index contributed by atoms with van der Waals surface area (Å²) in [6, 6.07) is 3.33. The van der Waals surface area contributed by atoms with Crippen LogP contribution in [0.25, 0.3) is 0 Å². The lowest BCUT2D eigenvalue weighted by Gasteiger charge is -2.27. The molecular weight excluding hydrogens is 225 g/mol. The molecule has 0 saturated heterocycles. The molecule has 1 rings (SSSR count). The van der Waals surface area contributed by atoms with Gasteiger partial charge in [-0.1, -0.05) is 12.2 Å². The van der Waals surface area contributed by atoms with Crippen LogP contribution in [-0.2, 0) is 0 Å². The fourth-order valence-corrected chi connectivity index (χ4v) is 1.50. The fourth-order valence-electron chi connectivity index (χ4n) is 1.41. The Morgan fingerprint density at radius 3 is 2.69 bits per heavy atom. The zero-order valence-electron chi connectivity index (χ0n) is 9.48. The lowest BCUT2D eigenvalue weighted by atomic mass is 10.2. The average molecular weight is 241 g/mol. The highest BCUT2D eigenvalue weighted by molar-refractivity contribution is 7.80. The fraction of sp³-hybridized carbons (Fsp3) is 0.455. The third-order valence-corrected chi connectivity index (χ3v) is 2.43. The molecule has 0 atom stereocenters. The van der Waals surface area contributed by atoms with Gasteiger partial charge in [0.25, 0.3) is 0 Å². The number of thiocarbonyl (C=S) groups is 1. The zero-order chi connectivity index (χ0) is 12.1. The Balaban J connectivity index is 2.77. The summed E-state index contributed by atoms with van der Waals surface area (Å²) in [6.45, 7) is 4.79. The van der Waals surface area contributed by atoms with Crippen molar-refractivity contribution in [1.29, 1.82) is 0 Å². The second kappa shape index (κ2) is 5.75. The Labute approximate surface area is 100 Å². The molecule has 0 aliphatic carbocycles. The molecule has 0 aliphatic rings. The Kier molecular flexibility index (Phi) is 4.61. The van der Waals surface area contributed by atoms with Gasteiger partial charge in [0.15, 0.2) is 0 Å². The Bertz CT molecular complexity index is 351. The summed E-state index contributed by atoms with van der Waals surface area (Å²) in [4.78, 5) is 6.56. The van der Waals surface area contributed by atoms with Gasteiger partial charge in [-0.2, -0.15) is 0 Å². The van der Waals surface area contributed by atoms with Gasteiger partial charge in [0.2, 0.25) is 0 Å². The van der Waals surface area contributed by atoms with Crippen molar-refractivity contribution in [3.8, 4) is 0 Å². The maximum Gasteiger partial charge on any atom is 0.141 e. The summed E-state index contributed by atoms with van der Waals surface area (Å²) in [5, 5.41) is 0. The molecule has 2 N–H and O–H groups in total. The monoisotopic (exact) mass is 241 g/mol. The molecule has 3 nitrogen and oxygen atoms in total. The number of anilines is 1. The summed E-state index contributed by atoms with van der Waals surface area (Å²) < 4.78 is 12.7. The van der Waals surface area contributed by atoms with Crippen LogP contribution in [0.3, 0.4) is 0 Å². The molecule has 0 unspecified atom stereocenters. The molecule has 0 amide bonds. The van der Waals surface area contributed by atoms with E-state index in [1.807, 2.05) is 18.7 Å². The molecule has 0 fully saturated rings. The van der Waals surface area contributed by atoms with Crippen LogP contribution in [0.1, 0.15) is 20.3 Å². The normalized spacial score (nSPS) is 10.5. The maximum atomic E-state index is 12.7. The zero-order valence-corrected chi connectivity index (χ0v) is 10.3. The lowest BCUT2D eigenvalue weighted by Crippen LogP contribution is -2.34. The SMILES string of the molecule is CC(C)N(CCC(N)=S)c1ccc(F)cn1. The minimum absolute atomic E-state index is 0.271. The van der Waals surface area contributed by atoms with E-state index in [4.69, 9.17) is 18.0 Å². The number of pyridine rings is 1. The van der Waals surface area contributed by atoms with E-state index < -0.39 is 0 Å². The van der Waals surface area contributed by atoms with Crippen LogP contribution in [-0.4, -0.2) is 22.6 Å². The number of aromatic nitrogens is 1. The quantitative estimate of drug-likeness (QED) is 0.802. The first kappa shape index (κ1) is 12.8. The summed E-state index contributed by atoms with van der Waals surface area (Å²) in [5.74, 6) is 0.412. The first-order valence-electron chi connectivity index (χ1n) is 5.17. The van der Waals surface area contributed by atoms with E-state index in [0.29, 0.717) is 18.0 Å². The van der Waals surface area contributed by atoms with Crippen molar-refractivity contribution in [2.24, 2.45) is 5.73 Å². The highest BCUT2D eigenvalue weighted by Gasteiger charge is 2.11. The van der Waals surface area contributed by atoms with Crippen molar-refractivity contribution in [1.82, 2.24) is 4.98 Å². The average Bonchev–Trinajstić information content (AvgIpc) is 2.20. The minimum atomic E-state index is -0.332. The van der Waals surface area contributed by atoms with Crippen molar-refractivity contribution in [2.45, 2.75) is 26.3 Å². The summed E-state index contributed by atoms with van der Waals surface area (Å²) in [6.07, 6.45) is 1.85. The van der Waals surface area contributed by atoms with E-state index in [-0.39, 0.29) is 11.9 Å². The molecule has 1 heterocycles. The van der Waals surface area contributed by atoms with Gasteiger partial charge >= 0.3 is 0 Å². The highest BCUT2D eigenvalue weighted by atomic mass is 32.1. The van der Waals surface area contributed by atoms with Crippen LogP contribution in [0, 0.1) is 5.82 Å². The van der Waals surface area contributed by atoms with Crippen LogP contribution in [0.15, 0.2) is 18.3 Å². The predicted octanol–water partition coefficient (Wildman–Crippen LogP) is 2.11. The van der Waals surface area contributed by atoms with Crippen molar-refractivity contribution in [2.75, 3.05) is 11.4 Å². The third kappa shape index (κ3) is 3.73. The first-order chi connectivity index (χ1) is 7.50. The second-order valence-electron chi connectivity index (χ2n) is 3.84. The number of halogens is 1. The van der Waals surface area contributed by atoms with Gasteiger partial charge < -0.3 is 10.6 Å². The Morgan fingerprint density at radius 1 is 1.56 bits per heavy atom. The van der Waals surface area contributed by atoms with Gasteiger partial charge in [-0.25, -0.2) is 9.37 Å². The van der Waals surface area contributed by atoms with E-state index in [0.717, 1.165) is 5.82 Å². The molecule has 0 bridgehead atoms. The molecule has 1 aromatic heterocycles. The predicted molar refractivity (Wildman–Crippen MR) is 68.1 cm³/mol. The van der Waals surface area contributed by atoms with Gasteiger partial charge in [0, 0.05) is 19.0 Å². The topological polar surface area (TPSA) is 42.1 Å². The largest absolute Gasteiger partial charge is 0.393 e. The summed E-state index contributed by atoms with van der Waals surface area (Å²) >= 11 is 4.84. The van der Waals surface area contributed by atoms with E-state index >= 15 is 0 Å². The smallest absolute Gasteiger partial charge is 0.141 e. The van der Waals surface area contributed by atoms with Crippen molar-refractivity contribution >= 4 is 23.0 Å². The Morgan fingerprint density at radius 2 is 2.25 bits per heavy atom. The number of rotatable bonds is 5. The van der Waals surface area contributed by atoms with Gasteiger partial charge in [-0.3, -0.25) is 0 Å². The molecule has 16 heavy (non-hydrogen) atoms. The van der Waals surface area contributed by atoms with Crippen LogP contribution in [0.4, 0.5) is 10.2 Å². The molecule has 0 aromatic carbocycles. The standard InChI is InChI=1S/C11H16FN3S/c1-8(2)15(6-5-10(13)16)11-4-3-9(12)7-14-11/h3-4,7-8H,5-6H2,1-2H3,(H2,13,16). The second-order valence-corrected chi connectivity index (χ2v) is 4.36. The van der Waals surface area contributed by atoms with Crippen molar-refractivity contribution < 1.29 is 4.39 Å². The van der Waals surface area contributed by atoms with Crippen LogP contribution in [0.2, 0.25) is 0 Å². The number of hydrogen-bond acceptors (Lipinski definition) is 3. The molecule has 0 aliphatic heterocycles. The molecule has 88 valence electrons. The first-order valence-corrected chi connectivity index (χ1v) is 5.58. The van der Waals surface area contributed by atoms with Crippen molar-refractivity contribution in [3.63, 3.8) is 0 Å². The van der Waals surface area contributed by atoms with E-state index in [2.05, 4.69) is 4.98 Å². The van der Waals surface area contributed by atoms with Crippen LogP contribution >= 0.6 is 12.2 Å². The van der Waals surface area contributed by atoms with Gasteiger partial charge in [0.1, 0.15) is 11.6 Å². The van der Waals surface area contributed by atoms with Crippen molar-refractivity contribution in [3.05, 3.63) is 24.1 Å². The van der Waals surface area contributed by atoms with Crippen LogP contribution < -0.4 is 10.6 Å². The number of nitrogens with two attached hydrogens (primary N) is 1. The summed E-state index contributed by atoms with van der Waals surface area (Å²) in [7, 11) is 0. The molecule has 0 radical (unpaired) electrons. The minimum Gasteiger partial charge on any atom is -0.393 e. The Hall–Kier alpha value is -1.23. The van der Waals surface area contributed by atoms with Crippen LogP contribution in [0.5, 0.6) is 0 Å². The van der Waals surface area contributed by atoms with E-state index in [1.54, 1.807) is 6.07 Å². The van der Waals surface area contributed by atoms with Gasteiger partial charge in [0.05, 0.1) is 11.2 Å².